The number of benzene rings is 2. The minimum Gasteiger partial charge on any atom is -0.0622 e. The lowest BCUT2D eigenvalue weighted by molar-refractivity contribution is 1.42. The Bertz CT molecular complexity index is 432. The van der Waals surface area contributed by atoms with Crippen LogP contribution < -0.4 is 0 Å². The molecule has 0 aliphatic heterocycles. The molecule has 0 aliphatic carbocycles. The first-order chi connectivity index (χ1) is 6.77. The summed E-state index contributed by atoms with van der Waals surface area (Å²) in [6.45, 7) is 2.15. The van der Waals surface area contributed by atoms with Gasteiger partial charge in [-0.2, -0.15) is 0 Å². The lowest BCUT2D eigenvalue weighted by Gasteiger charge is -2.04. The van der Waals surface area contributed by atoms with Crippen LogP contribution in [0.3, 0.4) is 0 Å². The van der Waals surface area contributed by atoms with Crippen molar-refractivity contribution >= 4 is 22.6 Å². The molecular formula is C13H11I. The van der Waals surface area contributed by atoms with Gasteiger partial charge in [-0.1, -0.05) is 42.5 Å². The zero-order valence-corrected chi connectivity index (χ0v) is 10.2. The van der Waals surface area contributed by atoms with E-state index in [0.29, 0.717) is 0 Å². The molecule has 0 bridgehead atoms. The summed E-state index contributed by atoms with van der Waals surface area (Å²) in [7, 11) is 0. The Labute approximate surface area is 98.1 Å². The maximum Gasteiger partial charge on any atom is 0.0159 e. The standard InChI is InChI=1S/C13H11I/c1-10-9-12(7-8-13(10)14)11-5-3-2-4-6-11/h2-9H,1H3. The fourth-order valence-electron chi connectivity index (χ4n) is 1.45. The predicted molar refractivity (Wildman–Crippen MR) is 69.3 cm³/mol. The van der Waals surface area contributed by atoms with Gasteiger partial charge in [0.2, 0.25) is 0 Å². The van der Waals surface area contributed by atoms with Gasteiger partial charge in [0.25, 0.3) is 0 Å². The van der Waals surface area contributed by atoms with Crippen molar-refractivity contribution in [3.05, 3.63) is 57.7 Å². The van der Waals surface area contributed by atoms with Crippen LogP contribution in [-0.2, 0) is 0 Å². The van der Waals surface area contributed by atoms with Crippen LogP contribution in [0.4, 0.5) is 0 Å². The summed E-state index contributed by atoms with van der Waals surface area (Å²) in [5.41, 5.74) is 3.92. The van der Waals surface area contributed by atoms with Gasteiger partial charge < -0.3 is 0 Å². The van der Waals surface area contributed by atoms with E-state index >= 15 is 0 Å². The fourth-order valence-corrected chi connectivity index (χ4v) is 1.79. The molecule has 0 N–H and O–H groups in total. The van der Waals surface area contributed by atoms with Crippen LogP contribution >= 0.6 is 22.6 Å². The molecule has 0 fully saturated rings. The Hall–Kier alpha value is -0.830. The largest absolute Gasteiger partial charge is 0.0622 e. The smallest absolute Gasteiger partial charge is 0.0159 e. The molecule has 2 aromatic carbocycles. The van der Waals surface area contributed by atoms with Crippen LogP contribution in [0.1, 0.15) is 5.56 Å². The highest BCUT2D eigenvalue weighted by Gasteiger charge is 1.98. The number of hydrogen-bond donors (Lipinski definition) is 0. The summed E-state index contributed by atoms with van der Waals surface area (Å²) in [6.07, 6.45) is 0. The molecule has 0 radical (unpaired) electrons. The Morgan fingerprint density at radius 2 is 1.57 bits per heavy atom. The van der Waals surface area contributed by atoms with Gasteiger partial charge in [0, 0.05) is 3.57 Å². The maximum absolute atomic E-state index is 2.36. The third kappa shape index (κ3) is 1.98. The Morgan fingerprint density at radius 1 is 0.857 bits per heavy atom. The van der Waals surface area contributed by atoms with Gasteiger partial charge in [-0.05, 0) is 52.3 Å². The van der Waals surface area contributed by atoms with Crippen molar-refractivity contribution in [3.8, 4) is 11.1 Å². The molecule has 14 heavy (non-hydrogen) atoms. The van der Waals surface area contributed by atoms with Crippen LogP contribution in [0.25, 0.3) is 11.1 Å². The first kappa shape index (κ1) is 9.71. The molecule has 70 valence electrons. The minimum atomic E-state index is 1.28. The van der Waals surface area contributed by atoms with E-state index in [1.165, 1.54) is 20.3 Å². The van der Waals surface area contributed by atoms with Gasteiger partial charge in [0.15, 0.2) is 0 Å². The van der Waals surface area contributed by atoms with Crippen molar-refractivity contribution in [3.63, 3.8) is 0 Å². The van der Waals surface area contributed by atoms with Crippen LogP contribution in [0.15, 0.2) is 48.5 Å². The highest BCUT2D eigenvalue weighted by Crippen LogP contribution is 2.22. The molecule has 2 rings (SSSR count). The molecule has 0 spiro atoms. The third-order valence-electron chi connectivity index (χ3n) is 2.27. The van der Waals surface area contributed by atoms with Gasteiger partial charge in [-0.25, -0.2) is 0 Å². The number of hydrogen-bond acceptors (Lipinski definition) is 0. The summed E-state index contributed by atoms with van der Waals surface area (Å²) in [5.74, 6) is 0. The first-order valence-corrected chi connectivity index (χ1v) is 5.67. The van der Waals surface area contributed by atoms with Crippen LogP contribution in [-0.4, -0.2) is 0 Å². The molecule has 0 amide bonds. The molecule has 0 unspecified atom stereocenters. The summed E-state index contributed by atoms with van der Waals surface area (Å²) in [6, 6.07) is 17.0. The van der Waals surface area contributed by atoms with Crippen LogP contribution in [0, 0.1) is 10.5 Å². The maximum atomic E-state index is 2.36. The zero-order valence-electron chi connectivity index (χ0n) is 8.00. The first-order valence-electron chi connectivity index (χ1n) is 4.59. The lowest BCUT2D eigenvalue weighted by atomic mass is 10.0. The van der Waals surface area contributed by atoms with Crippen molar-refractivity contribution in [1.29, 1.82) is 0 Å². The third-order valence-corrected chi connectivity index (χ3v) is 3.48. The second kappa shape index (κ2) is 4.13. The van der Waals surface area contributed by atoms with Crippen molar-refractivity contribution in [2.24, 2.45) is 0 Å². The predicted octanol–water partition coefficient (Wildman–Crippen LogP) is 4.27. The van der Waals surface area contributed by atoms with Crippen LogP contribution in [0.2, 0.25) is 0 Å². The molecular weight excluding hydrogens is 283 g/mol. The van der Waals surface area contributed by atoms with Gasteiger partial charge in [0.05, 0.1) is 0 Å². The number of rotatable bonds is 1. The normalized spacial score (nSPS) is 10.1. The average Bonchev–Trinajstić information content (AvgIpc) is 2.23. The van der Waals surface area contributed by atoms with E-state index in [1.807, 2.05) is 6.07 Å². The molecule has 0 aliphatic rings. The molecule has 0 heterocycles. The highest BCUT2D eigenvalue weighted by atomic mass is 127. The van der Waals surface area contributed by atoms with Gasteiger partial charge in [-0.3, -0.25) is 0 Å². The molecule has 0 aromatic heterocycles. The summed E-state index contributed by atoms with van der Waals surface area (Å²) in [5, 5.41) is 0. The summed E-state index contributed by atoms with van der Waals surface area (Å²) >= 11 is 2.36. The van der Waals surface area contributed by atoms with E-state index in [9.17, 15) is 0 Å². The Morgan fingerprint density at radius 3 is 2.21 bits per heavy atom. The van der Waals surface area contributed by atoms with E-state index in [0.717, 1.165) is 0 Å². The second-order valence-electron chi connectivity index (χ2n) is 3.33. The Kier molecular flexibility index (Phi) is 2.87. The van der Waals surface area contributed by atoms with Crippen molar-refractivity contribution < 1.29 is 0 Å². The quantitative estimate of drug-likeness (QED) is 0.689. The number of aryl methyl sites for hydroxylation is 1. The van der Waals surface area contributed by atoms with E-state index in [-0.39, 0.29) is 0 Å². The van der Waals surface area contributed by atoms with Crippen molar-refractivity contribution in [2.75, 3.05) is 0 Å². The molecule has 0 saturated carbocycles. The topological polar surface area (TPSA) is 0 Å². The molecule has 0 nitrogen and oxygen atoms in total. The molecule has 2 aromatic rings. The van der Waals surface area contributed by atoms with E-state index in [4.69, 9.17) is 0 Å². The van der Waals surface area contributed by atoms with E-state index < -0.39 is 0 Å². The summed E-state index contributed by atoms with van der Waals surface area (Å²) < 4.78 is 1.32. The van der Waals surface area contributed by atoms with E-state index in [2.05, 4.69) is 72.0 Å². The van der Waals surface area contributed by atoms with Crippen molar-refractivity contribution in [1.82, 2.24) is 0 Å². The minimum absolute atomic E-state index is 1.28. The molecule has 1 heteroatoms. The lowest BCUT2D eigenvalue weighted by Crippen LogP contribution is -1.82. The molecule has 0 saturated heterocycles. The summed E-state index contributed by atoms with van der Waals surface area (Å²) in [4.78, 5) is 0. The van der Waals surface area contributed by atoms with Gasteiger partial charge in [-0.15, -0.1) is 0 Å². The van der Waals surface area contributed by atoms with E-state index in [1.54, 1.807) is 0 Å². The number of halogens is 1. The van der Waals surface area contributed by atoms with Gasteiger partial charge >= 0.3 is 0 Å². The highest BCUT2D eigenvalue weighted by molar-refractivity contribution is 14.1. The van der Waals surface area contributed by atoms with Crippen LogP contribution in [0.5, 0.6) is 0 Å². The van der Waals surface area contributed by atoms with Crippen molar-refractivity contribution in [2.45, 2.75) is 6.92 Å². The molecule has 0 atom stereocenters. The Balaban J connectivity index is 2.48. The zero-order chi connectivity index (χ0) is 9.97. The fraction of sp³-hybridized carbons (Fsp3) is 0.0769. The SMILES string of the molecule is Cc1cc(-c2ccccc2)ccc1I. The average molecular weight is 294 g/mol. The van der Waals surface area contributed by atoms with Gasteiger partial charge in [0.1, 0.15) is 0 Å². The monoisotopic (exact) mass is 294 g/mol. The second-order valence-corrected chi connectivity index (χ2v) is 4.49.